The van der Waals surface area contributed by atoms with Crippen molar-refractivity contribution in [1.29, 1.82) is 0 Å². The summed E-state index contributed by atoms with van der Waals surface area (Å²) in [5.74, 6) is 2.87. The van der Waals surface area contributed by atoms with Gasteiger partial charge in [0.1, 0.15) is 66.1 Å². The molecule has 308 valence electrons. The lowest BCUT2D eigenvalue weighted by Gasteiger charge is -2.58. The fourth-order valence-electron chi connectivity index (χ4n) is 11.8. The van der Waals surface area contributed by atoms with Crippen LogP contribution in [0, 0.1) is 34.5 Å². The second kappa shape index (κ2) is 15.9. The Labute approximate surface area is 322 Å². The number of hydrogen-bond acceptors (Lipinski definition) is 14. The quantitative estimate of drug-likeness (QED) is 0.168. The molecule has 11 unspecified atom stereocenters. The lowest BCUT2D eigenvalue weighted by Crippen LogP contribution is -2.65. The maximum absolute atomic E-state index is 13.5. The molecule has 3 saturated carbocycles. The van der Waals surface area contributed by atoms with E-state index in [1.807, 2.05) is 18.2 Å². The zero-order valence-corrected chi connectivity index (χ0v) is 32.4. The maximum Gasteiger partial charge on any atom is 0.187 e. The number of Topliss-reactive ketones (excluding diaryl/α,β-unsaturated/α-hetero) is 1. The molecule has 14 nitrogen and oxygen atoms in total. The van der Waals surface area contributed by atoms with E-state index in [2.05, 4.69) is 19.9 Å². The highest BCUT2D eigenvalue weighted by Gasteiger charge is 2.63. The molecular formula is C41H60O14. The molecule has 0 aromatic heterocycles. The van der Waals surface area contributed by atoms with Crippen LogP contribution in [0.25, 0.3) is 0 Å². The van der Waals surface area contributed by atoms with Crippen LogP contribution in [0.1, 0.15) is 77.2 Å². The van der Waals surface area contributed by atoms with E-state index in [0.717, 1.165) is 49.2 Å². The van der Waals surface area contributed by atoms with Gasteiger partial charge in [-0.15, -0.1) is 0 Å². The van der Waals surface area contributed by atoms with E-state index in [1.165, 1.54) is 5.57 Å². The average molecular weight is 777 g/mol. The topological polar surface area (TPSA) is 214 Å². The highest BCUT2D eigenvalue weighted by molar-refractivity contribution is 5.81. The van der Waals surface area contributed by atoms with Crippen molar-refractivity contribution in [3.63, 3.8) is 0 Å². The Bertz CT molecular complexity index is 1570. The van der Waals surface area contributed by atoms with Crippen LogP contribution >= 0.6 is 0 Å². The van der Waals surface area contributed by atoms with E-state index < -0.39 is 74.6 Å². The number of carbonyl (C=O) groups excluding carboxylic acids is 1. The fourth-order valence-corrected chi connectivity index (χ4v) is 11.8. The maximum atomic E-state index is 13.5. The minimum Gasteiger partial charge on any atom is -0.497 e. The van der Waals surface area contributed by atoms with E-state index in [1.54, 1.807) is 21.1 Å². The zero-order chi connectivity index (χ0) is 39.6. The molecule has 55 heavy (non-hydrogen) atoms. The van der Waals surface area contributed by atoms with Crippen molar-refractivity contribution >= 4 is 5.78 Å². The Balaban J connectivity index is 1.04. The Morgan fingerprint density at radius 3 is 2.20 bits per heavy atom. The van der Waals surface area contributed by atoms with Crippen molar-refractivity contribution in [3.8, 4) is 11.5 Å². The van der Waals surface area contributed by atoms with Gasteiger partial charge in [-0.2, -0.15) is 0 Å². The number of allylic oxidation sites excluding steroid dienone is 1. The number of fused-ring (bicyclic) bond motifs is 5. The molecule has 18 atom stereocenters. The molecule has 7 rings (SSSR count). The lowest BCUT2D eigenvalue weighted by molar-refractivity contribution is -0.363. The molecule has 7 N–H and O–H groups in total. The van der Waals surface area contributed by atoms with Gasteiger partial charge in [-0.05, 0) is 105 Å². The van der Waals surface area contributed by atoms with E-state index in [-0.39, 0.29) is 34.6 Å². The number of ketones is 1. The standard InChI is InChI=1S/C41H60O14/c1-19(44)31-25(24-15-21(50-4)7-9-28(24)51-5)16-27-23-8-6-20-14-22(10-12-40(20,2)26(23)11-13-41(27,31)3)52-38-36(49)34(47)37(30(18-43)54-38)55-39-35(48)33(46)32(45)29(17-42)53-39/h6-7,9,15,22-23,25-27,29-39,42-43,45-49H,8,10-14,16-18H2,1-5H3/t22?,23?,25?,26?,27?,29?,30?,31?,32-,33+,34-,35-,36-,37-,38?,39-,40?,41?/m1/s1. The van der Waals surface area contributed by atoms with Crippen LogP contribution in [-0.4, -0.2) is 136 Å². The largest absolute Gasteiger partial charge is 0.497 e. The molecule has 5 fully saturated rings. The number of rotatable bonds is 10. The first-order valence-electron chi connectivity index (χ1n) is 19.9. The molecule has 0 radical (unpaired) electrons. The first kappa shape index (κ1) is 41.0. The third kappa shape index (κ3) is 6.96. The van der Waals surface area contributed by atoms with Gasteiger partial charge >= 0.3 is 0 Å². The summed E-state index contributed by atoms with van der Waals surface area (Å²) < 4.78 is 34.9. The minimum absolute atomic E-state index is 0.0286. The Hall–Kier alpha value is -2.21. The molecule has 6 aliphatic rings. The molecule has 2 saturated heterocycles. The summed E-state index contributed by atoms with van der Waals surface area (Å²) in [6, 6.07) is 5.88. The second-order valence-corrected chi connectivity index (χ2v) is 17.3. The summed E-state index contributed by atoms with van der Waals surface area (Å²) in [6.45, 7) is 5.15. The molecule has 0 spiro atoms. The van der Waals surface area contributed by atoms with Crippen LogP contribution in [0.5, 0.6) is 11.5 Å². The summed E-state index contributed by atoms with van der Waals surface area (Å²) in [5.41, 5.74) is 2.15. The summed E-state index contributed by atoms with van der Waals surface area (Å²) in [4.78, 5) is 13.5. The predicted octanol–water partition coefficient (Wildman–Crippen LogP) is 1.57. The summed E-state index contributed by atoms with van der Waals surface area (Å²) in [5, 5.41) is 72.9. The number of aliphatic hydroxyl groups excluding tert-OH is 7. The molecule has 0 bridgehead atoms. The van der Waals surface area contributed by atoms with Crippen LogP contribution in [0.4, 0.5) is 0 Å². The second-order valence-electron chi connectivity index (χ2n) is 17.3. The van der Waals surface area contributed by atoms with Crippen LogP contribution in [0.15, 0.2) is 29.8 Å². The summed E-state index contributed by atoms with van der Waals surface area (Å²) in [6.07, 6.45) is -6.96. The smallest absolute Gasteiger partial charge is 0.187 e. The molecule has 4 aliphatic carbocycles. The number of methoxy groups -OCH3 is 2. The van der Waals surface area contributed by atoms with Crippen molar-refractivity contribution in [3.05, 3.63) is 35.4 Å². The first-order valence-corrected chi connectivity index (χ1v) is 19.9. The van der Waals surface area contributed by atoms with Gasteiger partial charge in [-0.25, -0.2) is 0 Å². The van der Waals surface area contributed by atoms with Gasteiger partial charge in [0.15, 0.2) is 12.6 Å². The minimum atomic E-state index is -1.74. The molecule has 1 aromatic rings. The van der Waals surface area contributed by atoms with Crippen LogP contribution in [0.2, 0.25) is 0 Å². The Morgan fingerprint density at radius 1 is 0.836 bits per heavy atom. The Kier molecular flexibility index (Phi) is 11.8. The van der Waals surface area contributed by atoms with Crippen molar-refractivity contribution in [2.24, 2.45) is 34.5 Å². The van der Waals surface area contributed by atoms with Crippen molar-refractivity contribution in [2.45, 2.75) is 139 Å². The van der Waals surface area contributed by atoms with Gasteiger partial charge in [0.05, 0.1) is 33.5 Å². The van der Waals surface area contributed by atoms with Gasteiger partial charge in [0.25, 0.3) is 0 Å². The SMILES string of the molecule is COc1ccc(OC)c(C2CC3C4CC=C5CC(OC6OC(CO)[C@@H](O[C@H]7OC(CO)[C@@H](O)[C@H](O)[C@H]7O)[C@H](O)[C@H]6O)CCC5(C)C4CCC3(C)C2C(C)=O)c1. The molecule has 0 amide bonds. The molecule has 1 aromatic carbocycles. The van der Waals surface area contributed by atoms with E-state index in [4.69, 9.17) is 28.4 Å². The summed E-state index contributed by atoms with van der Waals surface area (Å²) >= 11 is 0. The van der Waals surface area contributed by atoms with Gasteiger partial charge in [0, 0.05) is 11.5 Å². The van der Waals surface area contributed by atoms with Gasteiger partial charge < -0.3 is 64.2 Å². The third-order valence-corrected chi connectivity index (χ3v) is 14.7. The molecule has 2 heterocycles. The lowest BCUT2D eigenvalue weighted by atomic mass is 9.47. The third-order valence-electron chi connectivity index (χ3n) is 14.7. The number of carbonyl (C=O) groups is 1. The molecular weight excluding hydrogens is 716 g/mol. The van der Waals surface area contributed by atoms with E-state index >= 15 is 0 Å². The first-order chi connectivity index (χ1) is 26.2. The number of ether oxygens (including phenoxy) is 6. The number of aliphatic hydroxyl groups is 7. The highest BCUT2D eigenvalue weighted by atomic mass is 16.7. The van der Waals surface area contributed by atoms with Gasteiger partial charge in [-0.3, -0.25) is 4.79 Å². The van der Waals surface area contributed by atoms with Crippen LogP contribution in [-0.2, 0) is 23.7 Å². The van der Waals surface area contributed by atoms with Gasteiger partial charge in [0.2, 0.25) is 0 Å². The number of benzene rings is 1. The zero-order valence-electron chi connectivity index (χ0n) is 32.4. The van der Waals surface area contributed by atoms with E-state index in [0.29, 0.717) is 30.6 Å². The highest BCUT2D eigenvalue weighted by Crippen LogP contribution is 2.69. The van der Waals surface area contributed by atoms with Crippen LogP contribution in [0.3, 0.4) is 0 Å². The average Bonchev–Trinajstić information content (AvgIpc) is 3.50. The molecule has 2 aliphatic heterocycles. The predicted molar refractivity (Wildman–Crippen MR) is 195 cm³/mol. The summed E-state index contributed by atoms with van der Waals surface area (Å²) in [7, 11) is 3.33. The van der Waals surface area contributed by atoms with Gasteiger partial charge in [-0.1, -0.05) is 25.5 Å². The van der Waals surface area contributed by atoms with Crippen molar-refractivity contribution in [2.75, 3.05) is 27.4 Å². The molecule has 14 heteroatoms. The van der Waals surface area contributed by atoms with Crippen molar-refractivity contribution < 1.29 is 69.0 Å². The van der Waals surface area contributed by atoms with E-state index in [9.17, 15) is 40.5 Å². The fraction of sp³-hybridized carbons (Fsp3) is 0.780. The van der Waals surface area contributed by atoms with Crippen molar-refractivity contribution in [1.82, 2.24) is 0 Å². The Morgan fingerprint density at radius 2 is 1.53 bits per heavy atom. The normalized spacial score (nSPS) is 46.9. The monoisotopic (exact) mass is 776 g/mol. The van der Waals surface area contributed by atoms with Crippen LogP contribution < -0.4 is 9.47 Å². The number of hydrogen-bond donors (Lipinski definition) is 7.